The Morgan fingerprint density at radius 2 is 0.625 bits per heavy atom. The minimum absolute atomic E-state index is 0.614. The van der Waals surface area contributed by atoms with Gasteiger partial charge >= 0.3 is 0 Å². The van der Waals surface area contributed by atoms with Crippen molar-refractivity contribution in [2.24, 2.45) is 0 Å². The second-order valence-electron chi connectivity index (χ2n) is 20.4. The van der Waals surface area contributed by atoms with E-state index in [9.17, 15) is 5.26 Å². The second-order valence-corrected chi connectivity index (χ2v) is 20.4. The minimum atomic E-state index is 0.614. The maximum Gasteiger partial charge on any atom is 0.138 e. The van der Waals surface area contributed by atoms with Crippen molar-refractivity contribution in [2.45, 2.75) is 55.4 Å². The first-order valence-electron chi connectivity index (χ1n) is 24.9. The number of benzene rings is 9. The van der Waals surface area contributed by atoms with Crippen LogP contribution in [0.3, 0.4) is 0 Å². The third-order valence-corrected chi connectivity index (χ3v) is 14.4. The number of nitriles is 1. The summed E-state index contributed by atoms with van der Waals surface area (Å²) >= 11 is 0. The van der Waals surface area contributed by atoms with Crippen molar-refractivity contribution in [3.63, 3.8) is 0 Å². The van der Waals surface area contributed by atoms with Gasteiger partial charge in [0.05, 0.1) is 45.6 Å². The number of aromatic nitrogens is 3. The molecule has 0 amide bonds. The fraction of sp³-hybridized carbons (Fsp3) is 0.118. The normalized spacial score (nSPS) is 11.6. The minimum Gasteiger partial charge on any atom is -0.307 e. The van der Waals surface area contributed by atoms with Gasteiger partial charge in [-0.1, -0.05) is 178 Å². The van der Waals surface area contributed by atoms with Gasteiger partial charge in [0, 0.05) is 27.1 Å². The molecule has 0 aliphatic rings. The number of fused-ring (bicyclic) bond motifs is 6. The van der Waals surface area contributed by atoms with Crippen molar-refractivity contribution in [1.82, 2.24) is 14.1 Å². The molecule has 0 fully saturated rings. The number of hydrogen-bond donors (Lipinski definition) is 0. The van der Waals surface area contributed by atoms with Crippen molar-refractivity contribution in [1.29, 1.82) is 5.26 Å². The van der Waals surface area contributed by atoms with Crippen LogP contribution in [0.1, 0.15) is 50.1 Å². The summed E-state index contributed by atoms with van der Waals surface area (Å²) in [4.78, 5) is 5.57. The molecule has 9 aromatic carbocycles. The highest BCUT2D eigenvalue weighted by atomic mass is 15.1. The molecule has 0 aliphatic carbocycles. The molecule has 0 N–H and O–H groups in total. The van der Waals surface area contributed by atoms with Crippen LogP contribution in [0, 0.1) is 66.7 Å². The van der Waals surface area contributed by atoms with Crippen LogP contribution >= 0.6 is 0 Å². The van der Waals surface area contributed by atoms with Crippen molar-refractivity contribution in [3.05, 3.63) is 232 Å². The lowest BCUT2D eigenvalue weighted by molar-refractivity contribution is 1.06. The van der Waals surface area contributed by atoms with Crippen LogP contribution in [0.4, 0.5) is 0 Å². The number of pyridine rings is 1. The van der Waals surface area contributed by atoms with Gasteiger partial charge < -0.3 is 4.57 Å². The number of aryl methyl sites for hydroxylation is 8. The topological polar surface area (TPSA) is 46.5 Å². The van der Waals surface area contributed by atoms with Crippen LogP contribution in [0.25, 0.3) is 111 Å². The fourth-order valence-electron chi connectivity index (χ4n) is 11.5. The Hall–Kier alpha value is -8.78. The standard InChI is InChI=1S/C68H54N4/c1-40-21-41(2)26-54(25-40)50-13-17-58-59-18-14-51(55-27-42(3)22-43(4)28-55)34-64(59)71(63(58)33-50)67-39-70-68(37-62(67)49-11-9-48(38-69)10-12-49)72-65-35-52(56-29-44(5)23-45(6)30-56)15-19-60(65)61-20-16-53(36-66(61)72)57-31-46(7)24-47(8)32-57/h9-37,39H,1-8H3. The zero-order chi connectivity index (χ0) is 49.5. The van der Waals surface area contributed by atoms with Crippen molar-refractivity contribution in [3.8, 4) is 73.2 Å². The molecule has 0 saturated heterocycles. The average molecular weight is 927 g/mol. The molecule has 0 saturated carbocycles. The lowest BCUT2D eigenvalue weighted by Crippen LogP contribution is -2.04. The zero-order valence-electron chi connectivity index (χ0n) is 42.1. The first-order valence-corrected chi connectivity index (χ1v) is 24.9. The summed E-state index contributed by atoms with van der Waals surface area (Å²) in [5.41, 5.74) is 27.2. The van der Waals surface area contributed by atoms with E-state index in [-0.39, 0.29) is 0 Å². The Morgan fingerprint density at radius 1 is 0.319 bits per heavy atom. The molecule has 0 aliphatic heterocycles. The number of nitrogens with zero attached hydrogens (tertiary/aromatic N) is 4. The summed E-state index contributed by atoms with van der Waals surface area (Å²) in [6, 6.07) is 67.4. The van der Waals surface area contributed by atoms with Gasteiger partial charge in [-0.15, -0.1) is 0 Å². The molecule has 12 rings (SSSR count). The predicted molar refractivity (Wildman–Crippen MR) is 303 cm³/mol. The van der Waals surface area contributed by atoms with Gasteiger partial charge in [-0.3, -0.25) is 4.57 Å². The van der Waals surface area contributed by atoms with E-state index >= 15 is 0 Å². The third-order valence-electron chi connectivity index (χ3n) is 14.4. The van der Waals surface area contributed by atoms with Crippen molar-refractivity contribution >= 4 is 43.6 Å². The zero-order valence-corrected chi connectivity index (χ0v) is 42.1. The maximum absolute atomic E-state index is 10.0. The lowest BCUT2D eigenvalue weighted by Gasteiger charge is -2.17. The monoisotopic (exact) mass is 926 g/mol. The van der Waals surface area contributed by atoms with Crippen LogP contribution in [-0.2, 0) is 0 Å². The molecule has 0 radical (unpaired) electrons. The van der Waals surface area contributed by atoms with E-state index in [1.165, 1.54) is 77.5 Å². The van der Waals surface area contributed by atoms with E-state index in [2.05, 4.69) is 241 Å². The predicted octanol–water partition coefficient (Wildman–Crippen LogP) is 17.9. The van der Waals surface area contributed by atoms with E-state index in [1.54, 1.807) is 0 Å². The van der Waals surface area contributed by atoms with Crippen LogP contribution < -0.4 is 0 Å². The summed E-state index contributed by atoms with van der Waals surface area (Å²) in [6.45, 7) is 17.4. The van der Waals surface area contributed by atoms with Gasteiger partial charge in [0.15, 0.2) is 0 Å². The fourth-order valence-corrected chi connectivity index (χ4v) is 11.5. The largest absolute Gasteiger partial charge is 0.307 e. The van der Waals surface area contributed by atoms with Crippen molar-refractivity contribution in [2.75, 3.05) is 0 Å². The smallest absolute Gasteiger partial charge is 0.138 e. The molecule has 0 unspecified atom stereocenters. The molecule has 346 valence electrons. The molecule has 0 bridgehead atoms. The second kappa shape index (κ2) is 17.3. The Kier molecular flexibility index (Phi) is 10.7. The van der Waals surface area contributed by atoms with E-state index in [0.29, 0.717) is 5.56 Å². The molecule has 72 heavy (non-hydrogen) atoms. The molecule has 4 heteroatoms. The summed E-state index contributed by atoms with van der Waals surface area (Å²) in [6.07, 6.45) is 2.08. The Balaban J connectivity index is 1.17. The van der Waals surface area contributed by atoms with Crippen molar-refractivity contribution < 1.29 is 0 Å². The van der Waals surface area contributed by atoms with Crippen LogP contribution in [-0.4, -0.2) is 14.1 Å². The number of hydrogen-bond acceptors (Lipinski definition) is 2. The summed E-state index contributed by atoms with van der Waals surface area (Å²) in [5, 5.41) is 14.7. The van der Waals surface area contributed by atoms with Crippen LogP contribution in [0.5, 0.6) is 0 Å². The first-order chi connectivity index (χ1) is 34.8. The van der Waals surface area contributed by atoms with E-state index in [1.807, 2.05) is 12.1 Å². The highest BCUT2D eigenvalue weighted by molar-refractivity contribution is 6.13. The highest BCUT2D eigenvalue weighted by Gasteiger charge is 2.22. The van der Waals surface area contributed by atoms with Crippen LogP contribution in [0.2, 0.25) is 0 Å². The maximum atomic E-state index is 10.0. The molecule has 3 aromatic heterocycles. The average Bonchev–Trinajstić information content (AvgIpc) is 3.86. The van der Waals surface area contributed by atoms with Gasteiger partial charge in [-0.25, -0.2) is 4.98 Å². The van der Waals surface area contributed by atoms with Crippen LogP contribution in [0.15, 0.2) is 182 Å². The molecular weight excluding hydrogens is 873 g/mol. The third kappa shape index (κ3) is 7.85. The van der Waals surface area contributed by atoms with E-state index in [0.717, 1.165) is 77.7 Å². The van der Waals surface area contributed by atoms with E-state index < -0.39 is 0 Å². The lowest BCUT2D eigenvalue weighted by atomic mass is 9.98. The van der Waals surface area contributed by atoms with Gasteiger partial charge in [0.2, 0.25) is 0 Å². The quantitative estimate of drug-likeness (QED) is 0.160. The summed E-state index contributed by atoms with van der Waals surface area (Å²) < 4.78 is 4.79. The molecular formula is C68H54N4. The Morgan fingerprint density at radius 3 is 0.944 bits per heavy atom. The van der Waals surface area contributed by atoms with Gasteiger partial charge in [0.25, 0.3) is 0 Å². The molecule has 4 nitrogen and oxygen atoms in total. The summed E-state index contributed by atoms with van der Waals surface area (Å²) in [5.74, 6) is 0.806. The SMILES string of the molecule is Cc1cc(C)cc(-c2ccc3c4ccc(-c5cc(C)cc(C)c5)cc4n(-c4cc(-c5ccc(C#N)cc5)c(-n5c6cc(-c7cc(C)cc(C)c7)ccc6c6ccc(-c7cc(C)cc(C)c7)cc65)cn4)c3c2)c1. The van der Waals surface area contributed by atoms with Gasteiger partial charge in [-0.05, 0) is 148 Å². The molecule has 0 spiro atoms. The Bertz CT molecular complexity index is 3950. The molecule has 12 aromatic rings. The first kappa shape index (κ1) is 44.4. The molecule has 0 atom stereocenters. The molecule has 3 heterocycles. The van der Waals surface area contributed by atoms with Gasteiger partial charge in [-0.2, -0.15) is 5.26 Å². The summed E-state index contributed by atoms with van der Waals surface area (Å²) in [7, 11) is 0. The number of rotatable bonds is 7. The van der Waals surface area contributed by atoms with Gasteiger partial charge in [0.1, 0.15) is 5.82 Å². The van der Waals surface area contributed by atoms with E-state index in [4.69, 9.17) is 4.98 Å². The highest BCUT2D eigenvalue weighted by Crippen LogP contribution is 2.43. The Labute approximate surface area is 421 Å².